The minimum absolute atomic E-state index is 0.142. The van der Waals surface area contributed by atoms with Crippen LogP contribution in [0.2, 0.25) is 0 Å². The number of hydrogen-bond acceptors (Lipinski definition) is 5. The zero-order valence-electron chi connectivity index (χ0n) is 13.6. The first kappa shape index (κ1) is 18.4. The summed E-state index contributed by atoms with van der Waals surface area (Å²) in [5.41, 5.74) is 1.49. The molecule has 0 unspecified atom stereocenters. The average molecular weight is 326 g/mol. The molecule has 0 saturated heterocycles. The molecule has 0 aliphatic heterocycles. The summed E-state index contributed by atoms with van der Waals surface area (Å²) in [7, 11) is -3.87. The van der Waals surface area contributed by atoms with Gasteiger partial charge in [0.05, 0.1) is 11.8 Å². The number of carbonyl (C=O) groups is 2. The van der Waals surface area contributed by atoms with Crippen LogP contribution in [0.3, 0.4) is 0 Å². The lowest BCUT2D eigenvalue weighted by molar-refractivity contribution is -0.117. The Hall–Kier alpha value is -1.69. The van der Waals surface area contributed by atoms with Crippen LogP contribution in [0.15, 0.2) is 34.6 Å². The lowest BCUT2D eigenvalue weighted by Crippen LogP contribution is -2.25. The summed E-state index contributed by atoms with van der Waals surface area (Å²) in [4.78, 5) is 24.4. The van der Waals surface area contributed by atoms with Crippen molar-refractivity contribution in [2.45, 2.75) is 40.5 Å². The van der Waals surface area contributed by atoms with Gasteiger partial charge < -0.3 is 4.18 Å². The highest BCUT2D eigenvalue weighted by molar-refractivity contribution is 7.86. The van der Waals surface area contributed by atoms with Crippen LogP contribution < -0.4 is 0 Å². The first-order valence-corrected chi connectivity index (χ1v) is 8.89. The molecule has 0 amide bonds. The molecular formula is C16H22O5S. The third-order valence-corrected chi connectivity index (χ3v) is 3.77. The number of Topliss-reactive ketones (excluding diaryl/α,β-unsaturated/α-hetero) is 1. The predicted molar refractivity (Wildman–Crippen MR) is 84.6 cm³/mol. The molecule has 5 nitrogen and oxygen atoms in total. The second-order valence-corrected chi connectivity index (χ2v) is 7.39. The van der Waals surface area contributed by atoms with Gasteiger partial charge in [-0.2, -0.15) is 8.42 Å². The lowest BCUT2D eigenvalue weighted by atomic mass is 9.86. The lowest BCUT2D eigenvalue weighted by Gasteiger charge is -2.21. The van der Waals surface area contributed by atoms with Crippen LogP contribution >= 0.6 is 0 Å². The third-order valence-electron chi connectivity index (χ3n) is 3.30. The molecule has 0 heterocycles. The Morgan fingerprint density at radius 1 is 1.32 bits per heavy atom. The van der Waals surface area contributed by atoms with Crippen LogP contribution in [0.5, 0.6) is 0 Å². The minimum atomic E-state index is -3.87. The zero-order valence-corrected chi connectivity index (χ0v) is 14.4. The van der Waals surface area contributed by atoms with Crippen LogP contribution in [0.4, 0.5) is 0 Å². The summed E-state index contributed by atoms with van der Waals surface area (Å²) in [5.74, 6) is -1.53. The minimum Gasteiger partial charge on any atom is -0.378 e. The molecule has 6 heteroatoms. The first-order chi connectivity index (χ1) is 10.0. The van der Waals surface area contributed by atoms with E-state index in [0.29, 0.717) is 6.42 Å². The molecule has 0 fully saturated rings. The van der Waals surface area contributed by atoms with Gasteiger partial charge in [-0.05, 0) is 45.6 Å². The molecule has 0 spiro atoms. The molecule has 0 aromatic carbocycles. The Kier molecular flexibility index (Phi) is 5.88. The summed E-state index contributed by atoms with van der Waals surface area (Å²) in [6.45, 7) is 7.21. The van der Waals surface area contributed by atoms with Gasteiger partial charge in [-0.3, -0.25) is 9.59 Å². The maximum absolute atomic E-state index is 12.2. The summed E-state index contributed by atoms with van der Waals surface area (Å²) in [5, 5.41) is 0. The molecule has 1 aliphatic carbocycles. The first-order valence-electron chi connectivity index (χ1n) is 7.07. The molecule has 1 atom stereocenters. The normalized spacial score (nSPS) is 17.2. The van der Waals surface area contributed by atoms with Crippen molar-refractivity contribution < 1.29 is 22.2 Å². The number of allylic oxidation sites excluding steroid dienone is 5. The van der Waals surface area contributed by atoms with Crippen molar-refractivity contribution in [1.82, 2.24) is 0 Å². The Morgan fingerprint density at radius 3 is 2.41 bits per heavy atom. The highest BCUT2D eigenvalue weighted by atomic mass is 32.2. The monoisotopic (exact) mass is 326 g/mol. The van der Waals surface area contributed by atoms with Crippen molar-refractivity contribution in [3.8, 4) is 0 Å². The Bertz CT molecular complexity index is 673. The van der Waals surface area contributed by atoms with Crippen LogP contribution in [0, 0.1) is 5.92 Å². The zero-order chi connectivity index (χ0) is 17.1. The molecule has 0 radical (unpaired) electrons. The summed E-state index contributed by atoms with van der Waals surface area (Å²) >= 11 is 0. The average Bonchev–Trinajstić information content (AvgIpc) is 2.33. The Labute approximate surface area is 131 Å². The maximum atomic E-state index is 12.2. The molecule has 0 saturated carbocycles. The van der Waals surface area contributed by atoms with Crippen molar-refractivity contribution in [1.29, 1.82) is 0 Å². The molecule has 0 aromatic heterocycles. The molecule has 0 N–H and O–H groups in total. The van der Waals surface area contributed by atoms with Crippen LogP contribution in [-0.2, 0) is 23.9 Å². The summed E-state index contributed by atoms with van der Waals surface area (Å²) < 4.78 is 27.6. The smallest absolute Gasteiger partial charge is 0.306 e. The second-order valence-electron chi connectivity index (χ2n) is 5.81. The van der Waals surface area contributed by atoms with E-state index in [1.807, 2.05) is 19.9 Å². The number of carbonyl (C=O) groups excluding carboxylic acids is 2. The van der Waals surface area contributed by atoms with Gasteiger partial charge in [0.15, 0.2) is 11.5 Å². The van der Waals surface area contributed by atoms with Crippen LogP contribution in [0.1, 0.15) is 40.5 Å². The topological polar surface area (TPSA) is 77.5 Å². The van der Waals surface area contributed by atoms with Gasteiger partial charge in [0, 0.05) is 5.57 Å². The second kappa shape index (κ2) is 7.05. The van der Waals surface area contributed by atoms with E-state index in [0.717, 1.165) is 18.2 Å². The van der Waals surface area contributed by atoms with Gasteiger partial charge in [-0.1, -0.05) is 18.6 Å². The molecular weight excluding hydrogens is 304 g/mol. The molecule has 122 valence electrons. The quantitative estimate of drug-likeness (QED) is 0.426. The van der Waals surface area contributed by atoms with E-state index in [1.54, 1.807) is 6.92 Å². The van der Waals surface area contributed by atoms with Gasteiger partial charge in [0.1, 0.15) is 0 Å². The fourth-order valence-electron chi connectivity index (χ4n) is 2.22. The van der Waals surface area contributed by atoms with Crippen molar-refractivity contribution in [2.24, 2.45) is 5.92 Å². The van der Waals surface area contributed by atoms with E-state index >= 15 is 0 Å². The predicted octanol–water partition coefficient (Wildman–Crippen LogP) is 2.70. The molecule has 0 bridgehead atoms. The molecule has 1 aliphatic rings. The number of ketones is 2. The highest BCUT2D eigenvalue weighted by Crippen LogP contribution is 2.29. The van der Waals surface area contributed by atoms with E-state index in [2.05, 4.69) is 0 Å². The van der Waals surface area contributed by atoms with Crippen molar-refractivity contribution >= 4 is 21.7 Å². The van der Waals surface area contributed by atoms with E-state index in [9.17, 15) is 18.0 Å². The van der Waals surface area contributed by atoms with Crippen molar-refractivity contribution in [2.75, 3.05) is 6.26 Å². The number of hydrogen-bond donors (Lipinski definition) is 0. The van der Waals surface area contributed by atoms with E-state index in [-0.39, 0.29) is 28.6 Å². The van der Waals surface area contributed by atoms with Gasteiger partial charge in [-0.15, -0.1) is 0 Å². The molecule has 1 rings (SSSR count). The molecule has 0 aromatic rings. The Balaban J connectivity index is 3.18. The fraction of sp³-hybridized carbons (Fsp3) is 0.500. The van der Waals surface area contributed by atoms with Crippen LogP contribution in [0.25, 0.3) is 0 Å². The maximum Gasteiger partial charge on any atom is 0.306 e. The number of rotatable bonds is 6. The van der Waals surface area contributed by atoms with E-state index in [1.165, 1.54) is 13.0 Å². The molecule has 22 heavy (non-hydrogen) atoms. The summed E-state index contributed by atoms with van der Waals surface area (Å²) in [6.07, 6.45) is 5.50. The fourth-order valence-corrected chi connectivity index (χ4v) is 2.69. The third kappa shape index (κ3) is 4.94. The Morgan fingerprint density at radius 2 is 1.91 bits per heavy atom. The van der Waals surface area contributed by atoms with Crippen molar-refractivity contribution in [3.05, 3.63) is 34.6 Å². The highest BCUT2D eigenvalue weighted by Gasteiger charge is 2.33. The van der Waals surface area contributed by atoms with Gasteiger partial charge >= 0.3 is 10.1 Å². The van der Waals surface area contributed by atoms with Gasteiger partial charge in [-0.25, -0.2) is 0 Å². The van der Waals surface area contributed by atoms with Gasteiger partial charge in [0.2, 0.25) is 5.78 Å². The largest absolute Gasteiger partial charge is 0.378 e. The van der Waals surface area contributed by atoms with Crippen molar-refractivity contribution in [3.63, 3.8) is 0 Å². The van der Waals surface area contributed by atoms with Gasteiger partial charge in [0.25, 0.3) is 0 Å². The van der Waals surface area contributed by atoms with Crippen LogP contribution in [-0.4, -0.2) is 26.2 Å². The summed E-state index contributed by atoms with van der Waals surface area (Å²) in [6, 6.07) is 0. The SMILES string of the molecule is CC(C)=CCC[C@@H](C)C1=C(OS(C)(=O)=O)C(=O)C(C)=CC1=O. The van der Waals surface area contributed by atoms with E-state index in [4.69, 9.17) is 4.18 Å². The standard InChI is InChI=1S/C16H22O5S/c1-10(2)7-6-8-11(3)14-13(17)9-12(4)15(18)16(14)21-22(5,19)20/h7,9,11H,6,8H2,1-5H3/t11-/m1/s1. The van der Waals surface area contributed by atoms with E-state index < -0.39 is 15.9 Å².